The molecule has 2 aromatic heterocycles. The third-order valence-corrected chi connectivity index (χ3v) is 2.71. The molecule has 0 spiro atoms. The van der Waals surface area contributed by atoms with Crippen molar-refractivity contribution in [2.24, 2.45) is 0 Å². The van der Waals surface area contributed by atoms with Crippen LogP contribution in [0.25, 0.3) is 0 Å². The molecule has 0 aliphatic rings. The van der Waals surface area contributed by atoms with Gasteiger partial charge in [-0.2, -0.15) is 5.10 Å². The first-order valence-electron chi connectivity index (χ1n) is 5.13. The summed E-state index contributed by atoms with van der Waals surface area (Å²) in [6, 6.07) is 5.94. The molecule has 0 aliphatic carbocycles. The fourth-order valence-corrected chi connectivity index (χ4v) is 1.82. The Hall–Kier alpha value is -0.950. The molecule has 5 heteroatoms. The van der Waals surface area contributed by atoms with Crippen LogP contribution in [0.3, 0.4) is 0 Å². The maximum absolute atomic E-state index is 4.24. The molecule has 2 heterocycles. The number of nitrogens with zero attached hydrogens (tertiary/aromatic N) is 3. The third kappa shape index (κ3) is 3.57. The van der Waals surface area contributed by atoms with Crippen molar-refractivity contribution in [3.8, 4) is 0 Å². The molecule has 2 aromatic rings. The van der Waals surface area contributed by atoms with Gasteiger partial charge in [0.05, 0.1) is 22.0 Å². The molecule has 0 atom stereocenters. The summed E-state index contributed by atoms with van der Waals surface area (Å²) in [4.78, 5) is 4.24. The molecule has 2 rings (SSSR count). The summed E-state index contributed by atoms with van der Waals surface area (Å²) in [5.41, 5.74) is 1.07. The first kappa shape index (κ1) is 11.5. The minimum atomic E-state index is 0.805. The Labute approximate surface area is 108 Å². The Balaban J connectivity index is 1.69. The quantitative estimate of drug-likeness (QED) is 0.671. The zero-order chi connectivity index (χ0) is 11.2. The number of aromatic nitrogens is 3. The van der Waals surface area contributed by atoms with Gasteiger partial charge in [-0.3, -0.25) is 9.67 Å². The molecule has 0 fully saturated rings. The van der Waals surface area contributed by atoms with Crippen LogP contribution >= 0.6 is 22.6 Å². The van der Waals surface area contributed by atoms with Gasteiger partial charge in [0.15, 0.2) is 0 Å². The van der Waals surface area contributed by atoms with Crippen molar-refractivity contribution in [3.63, 3.8) is 0 Å². The van der Waals surface area contributed by atoms with E-state index >= 15 is 0 Å². The van der Waals surface area contributed by atoms with Crippen LogP contribution in [0, 0.1) is 3.57 Å². The minimum Gasteiger partial charge on any atom is -0.309 e. The van der Waals surface area contributed by atoms with E-state index in [-0.39, 0.29) is 0 Å². The minimum absolute atomic E-state index is 0.805. The Morgan fingerprint density at radius 2 is 2.31 bits per heavy atom. The van der Waals surface area contributed by atoms with E-state index in [9.17, 15) is 0 Å². The van der Waals surface area contributed by atoms with Crippen LogP contribution in [0.1, 0.15) is 5.69 Å². The Kier molecular flexibility index (Phi) is 4.29. The maximum Gasteiger partial charge on any atom is 0.0623 e. The molecule has 0 amide bonds. The van der Waals surface area contributed by atoms with Crippen LogP contribution in [-0.4, -0.2) is 21.3 Å². The number of hydrogen-bond donors (Lipinski definition) is 1. The molecule has 16 heavy (non-hydrogen) atoms. The zero-order valence-electron chi connectivity index (χ0n) is 8.81. The zero-order valence-corrected chi connectivity index (χ0v) is 11.0. The van der Waals surface area contributed by atoms with Crippen LogP contribution in [0.5, 0.6) is 0 Å². The molecule has 0 aromatic carbocycles. The monoisotopic (exact) mass is 328 g/mol. The lowest BCUT2D eigenvalue weighted by molar-refractivity contribution is 0.551. The number of hydrogen-bond acceptors (Lipinski definition) is 3. The van der Waals surface area contributed by atoms with E-state index in [2.05, 4.69) is 38.0 Å². The van der Waals surface area contributed by atoms with Crippen molar-refractivity contribution in [2.45, 2.75) is 13.1 Å². The van der Waals surface area contributed by atoms with Crippen molar-refractivity contribution in [1.29, 1.82) is 0 Å². The van der Waals surface area contributed by atoms with Crippen LogP contribution in [0.4, 0.5) is 0 Å². The molecule has 4 nitrogen and oxygen atoms in total. The molecule has 0 saturated heterocycles. The number of rotatable bonds is 5. The molecule has 0 bridgehead atoms. The van der Waals surface area contributed by atoms with Crippen molar-refractivity contribution >= 4 is 22.6 Å². The molecule has 0 radical (unpaired) electrons. The number of nitrogens with one attached hydrogen (secondary N) is 1. The van der Waals surface area contributed by atoms with E-state index in [0.29, 0.717) is 0 Å². The van der Waals surface area contributed by atoms with E-state index in [4.69, 9.17) is 0 Å². The highest BCUT2D eigenvalue weighted by atomic mass is 127. The molecular formula is C11H13IN4. The van der Waals surface area contributed by atoms with Crippen LogP contribution in [0.2, 0.25) is 0 Å². The van der Waals surface area contributed by atoms with E-state index in [0.717, 1.165) is 25.3 Å². The predicted molar refractivity (Wildman–Crippen MR) is 70.9 cm³/mol. The van der Waals surface area contributed by atoms with Gasteiger partial charge in [0.2, 0.25) is 0 Å². The van der Waals surface area contributed by atoms with Crippen LogP contribution in [0.15, 0.2) is 36.8 Å². The largest absolute Gasteiger partial charge is 0.309 e. The van der Waals surface area contributed by atoms with Gasteiger partial charge in [-0.1, -0.05) is 6.07 Å². The van der Waals surface area contributed by atoms with E-state index in [1.54, 1.807) is 0 Å². The standard InChI is InChI=1S/C11H13IN4/c12-10-7-15-16(9-10)6-5-13-8-11-3-1-2-4-14-11/h1-4,7,9,13H,5-6,8H2. The predicted octanol–water partition coefficient (Wildman–Crippen LogP) is 1.67. The fraction of sp³-hybridized carbons (Fsp3) is 0.273. The van der Waals surface area contributed by atoms with Gasteiger partial charge < -0.3 is 5.32 Å². The first-order chi connectivity index (χ1) is 7.84. The van der Waals surface area contributed by atoms with Crippen LogP contribution < -0.4 is 5.32 Å². The first-order valence-corrected chi connectivity index (χ1v) is 6.21. The fourth-order valence-electron chi connectivity index (χ4n) is 1.37. The average molecular weight is 328 g/mol. The van der Waals surface area contributed by atoms with Gasteiger partial charge in [-0.25, -0.2) is 0 Å². The van der Waals surface area contributed by atoms with Gasteiger partial charge >= 0.3 is 0 Å². The van der Waals surface area contributed by atoms with Crippen molar-refractivity contribution < 1.29 is 0 Å². The highest BCUT2D eigenvalue weighted by Crippen LogP contribution is 2.00. The molecule has 0 unspecified atom stereocenters. The van der Waals surface area contributed by atoms with E-state index in [1.807, 2.05) is 41.5 Å². The SMILES string of the molecule is Ic1cnn(CCNCc2ccccn2)c1. The highest BCUT2D eigenvalue weighted by Gasteiger charge is 1.95. The van der Waals surface area contributed by atoms with Gasteiger partial charge in [0, 0.05) is 25.5 Å². The summed E-state index contributed by atoms with van der Waals surface area (Å²) < 4.78 is 3.11. The van der Waals surface area contributed by atoms with Gasteiger partial charge in [0.1, 0.15) is 0 Å². The summed E-state index contributed by atoms with van der Waals surface area (Å²) in [5.74, 6) is 0. The smallest absolute Gasteiger partial charge is 0.0623 e. The average Bonchev–Trinajstić information content (AvgIpc) is 2.72. The summed E-state index contributed by atoms with van der Waals surface area (Å²) in [7, 11) is 0. The number of halogens is 1. The summed E-state index contributed by atoms with van der Waals surface area (Å²) in [5, 5.41) is 7.55. The molecule has 1 N–H and O–H groups in total. The normalized spacial score (nSPS) is 10.6. The van der Waals surface area contributed by atoms with Crippen molar-refractivity contribution in [3.05, 3.63) is 46.1 Å². The van der Waals surface area contributed by atoms with Gasteiger partial charge in [0.25, 0.3) is 0 Å². The summed E-state index contributed by atoms with van der Waals surface area (Å²) in [6.07, 6.45) is 5.70. The third-order valence-electron chi connectivity index (χ3n) is 2.15. The molecule has 84 valence electrons. The molecular weight excluding hydrogens is 315 g/mol. The van der Waals surface area contributed by atoms with E-state index < -0.39 is 0 Å². The van der Waals surface area contributed by atoms with Crippen molar-refractivity contribution in [2.75, 3.05) is 6.54 Å². The lowest BCUT2D eigenvalue weighted by Crippen LogP contribution is -2.20. The second kappa shape index (κ2) is 5.95. The van der Waals surface area contributed by atoms with Gasteiger partial charge in [-0.05, 0) is 34.7 Å². The second-order valence-corrected chi connectivity index (χ2v) is 4.67. The lowest BCUT2D eigenvalue weighted by Gasteiger charge is -2.04. The van der Waals surface area contributed by atoms with Crippen LogP contribution in [-0.2, 0) is 13.1 Å². The Morgan fingerprint density at radius 3 is 3.00 bits per heavy atom. The second-order valence-electron chi connectivity index (χ2n) is 3.42. The summed E-state index contributed by atoms with van der Waals surface area (Å²) in [6.45, 7) is 2.59. The number of pyridine rings is 1. The maximum atomic E-state index is 4.24. The van der Waals surface area contributed by atoms with Gasteiger partial charge in [-0.15, -0.1) is 0 Å². The molecule has 0 aliphatic heterocycles. The van der Waals surface area contributed by atoms with Crippen molar-refractivity contribution in [1.82, 2.24) is 20.1 Å². The summed E-state index contributed by atoms with van der Waals surface area (Å²) >= 11 is 2.26. The molecule has 0 saturated carbocycles. The highest BCUT2D eigenvalue weighted by molar-refractivity contribution is 14.1. The Bertz CT molecular complexity index is 427. The lowest BCUT2D eigenvalue weighted by atomic mass is 10.3. The van der Waals surface area contributed by atoms with E-state index in [1.165, 1.54) is 3.57 Å². The Morgan fingerprint density at radius 1 is 1.38 bits per heavy atom. The topological polar surface area (TPSA) is 42.7 Å².